The molecular weight excluding hydrogens is 680 g/mol. The van der Waals surface area contributed by atoms with E-state index in [2.05, 4.69) is 159 Å². The van der Waals surface area contributed by atoms with Gasteiger partial charge in [-0.3, -0.25) is 0 Å². The summed E-state index contributed by atoms with van der Waals surface area (Å²) in [5.74, 6) is 0. The molecule has 0 aliphatic heterocycles. The van der Waals surface area contributed by atoms with E-state index in [9.17, 15) is 0 Å². The van der Waals surface area contributed by atoms with Gasteiger partial charge >= 0.3 is 310 Å². The van der Waals surface area contributed by atoms with Crippen LogP contribution in [0.5, 0.6) is 0 Å². The number of allylic oxidation sites excluding steroid dienone is 2. The zero-order valence-corrected chi connectivity index (χ0v) is 34.7. The van der Waals surface area contributed by atoms with Crippen molar-refractivity contribution in [2.75, 3.05) is 0 Å². The molecule has 2 aliphatic rings. The quantitative estimate of drug-likeness (QED) is 0.139. The van der Waals surface area contributed by atoms with Crippen molar-refractivity contribution in [1.82, 2.24) is 0 Å². The molecule has 1 unspecified atom stereocenters. The first kappa shape index (κ1) is 35.4. The van der Waals surface area contributed by atoms with Gasteiger partial charge in [0.2, 0.25) is 0 Å². The molecule has 0 saturated heterocycles. The first-order valence-electron chi connectivity index (χ1n) is 19.5. The Morgan fingerprint density at radius 2 is 1.36 bits per heavy atom. The van der Waals surface area contributed by atoms with Crippen LogP contribution in [0.3, 0.4) is 0 Å². The molecular formula is C49H58Zr. The molecule has 5 aromatic carbocycles. The van der Waals surface area contributed by atoms with Gasteiger partial charge in [0.25, 0.3) is 0 Å². The molecule has 1 atom stereocenters. The third-order valence-corrected chi connectivity index (χ3v) is 26.2. The van der Waals surface area contributed by atoms with Crippen LogP contribution in [0.4, 0.5) is 0 Å². The maximum atomic E-state index is 2.78. The van der Waals surface area contributed by atoms with Crippen LogP contribution in [0.15, 0.2) is 97.1 Å². The van der Waals surface area contributed by atoms with E-state index in [1.54, 1.807) is 22.3 Å². The molecule has 0 nitrogen and oxygen atoms in total. The molecule has 5 aromatic rings. The summed E-state index contributed by atoms with van der Waals surface area (Å²) >= 11 is -3.32. The monoisotopic (exact) mass is 736 g/mol. The average molecular weight is 738 g/mol. The number of unbranched alkanes of at least 4 members (excludes halogenated alkanes) is 2. The van der Waals surface area contributed by atoms with E-state index in [4.69, 9.17) is 0 Å². The summed E-state index contributed by atoms with van der Waals surface area (Å²) in [6.45, 7) is 21.8. The van der Waals surface area contributed by atoms with Gasteiger partial charge in [0, 0.05) is 0 Å². The Morgan fingerprint density at radius 3 is 2.06 bits per heavy atom. The maximum absolute atomic E-state index is 3.32. The zero-order chi connectivity index (χ0) is 35.4. The van der Waals surface area contributed by atoms with Crippen LogP contribution in [0.25, 0.3) is 38.6 Å². The molecule has 0 saturated carbocycles. The molecule has 0 N–H and O–H groups in total. The van der Waals surface area contributed by atoms with E-state index in [1.165, 1.54) is 83.7 Å². The summed E-state index contributed by atoms with van der Waals surface area (Å²) in [5, 5.41) is 2.66. The fourth-order valence-corrected chi connectivity index (χ4v) is 26.4. The Kier molecular flexibility index (Phi) is 9.56. The van der Waals surface area contributed by atoms with Crippen LogP contribution in [0.2, 0.25) is 8.26 Å². The van der Waals surface area contributed by atoms with E-state index in [1.807, 2.05) is 3.27 Å². The fraction of sp³-hybridized carbons (Fsp3) is 0.388. The van der Waals surface area contributed by atoms with Crippen molar-refractivity contribution in [3.63, 3.8) is 0 Å². The number of benzene rings is 5. The van der Waals surface area contributed by atoms with Gasteiger partial charge in [-0.05, 0) is 0 Å². The predicted molar refractivity (Wildman–Crippen MR) is 217 cm³/mol. The van der Waals surface area contributed by atoms with Crippen molar-refractivity contribution in [2.45, 2.75) is 117 Å². The molecule has 1 heteroatoms. The van der Waals surface area contributed by atoms with Crippen molar-refractivity contribution < 1.29 is 20.3 Å². The van der Waals surface area contributed by atoms with Crippen molar-refractivity contribution in [3.8, 4) is 22.3 Å². The molecule has 0 radical (unpaired) electrons. The molecule has 258 valence electrons. The molecule has 0 heterocycles. The Balaban J connectivity index is 1.45. The summed E-state index contributed by atoms with van der Waals surface area (Å²) in [6.07, 6.45) is 9.07. The number of rotatable bonds is 9. The van der Waals surface area contributed by atoms with Gasteiger partial charge in [0.15, 0.2) is 0 Å². The van der Waals surface area contributed by atoms with E-state index >= 15 is 0 Å². The second kappa shape index (κ2) is 13.5. The predicted octanol–water partition coefficient (Wildman–Crippen LogP) is 14.0. The molecule has 0 spiro atoms. The van der Waals surface area contributed by atoms with Crippen LogP contribution >= 0.6 is 0 Å². The van der Waals surface area contributed by atoms with Crippen LogP contribution in [0.1, 0.15) is 125 Å². The van der Waals surface area contributed by atoms with Gasteiger partial charge in [0.05, 0.1) is 0 Å². The van der Waals surface area contributed by atoms with Crippen molar-refractivity contribution >= 4 is 19.6 Å². The summed E-state index contributed by atoms with van der Waals surface area (Å²) in [4.78, 5) is 0. The van der Waals surface area contributed by atoms with Crippen LogP contribution in [0, 0.1) is 0 Å². The van der Waals surface area contributed by atoms with Crippen molar-refractivity contribution in [2.24, 2.45) is 0 Å². The Bertz CT molecular complexity index is 2080. The van der Waals surface area contributed by atoms with E-state index < -0.39 is 20.3 Å². The number of hydrogen-bond acceptors (Lipinski definition) is 0. The van der Waals surface area contributed by atoms with Crippen LogP contribution in [-0.2, 0) is 37.5 Å². The summed E-state index contributed by atoms with van der Waals surface area (Å²) < 4.78 is 5.29. The summed E-state index contributed by atoms with van der Waals surface area (Å²) in [7, 11) is 0. The third-order valence-electron chi connectivity index (χ3n) is 12.1. The Morgan fingerprint density at radius 1 is 0.660 bits per heavy atom. The van der Waals surface area contributed by atoms with Gasteiger partial charge in [-0.1, -0.05) is 0 Å². The van der Waals surface area contributed by atoms with Crippen molar-refractivity contribution in [1.29, 1.82) is 0 Å². The molecule has 0 amide bonds. The van der Waals surface area contributed by atoms with Gasteiger partial charge in [-0.2, -0.15) is 0 Å². The van der Waals surface area contributed by atoms with Crippen LogP contribution in [-0.4, -0.2) is 0 Å². The van der Waals surface area contributed by atoms with Gasteiger partial charge in [-0.25, -0.2) is 0 Å². The standard InChI is InChI=1S/C21H25.C20H15.2C4H9.Zr/c1-20(2,3)16-7-9-18-14(12-16)11-15-13-17(21(4,5)6)8-10-19(15)18;1-14-9-10-16-11-12-17(13-20(14)16)19-8-4-6-15-5-2-3-7-18(15)19;2*1-3-4-2;/h7-10,12H,11H2,1-6H3;2-13H,1H3;2*1,3-4H2,2H3;. The van der Waals surface area contributed by atoms with E-state index in [0.717, 1.165) is 6.42 Å². The summed E-state index contributed by atoms with van der Waals surface area (Å²) in [6, 6.07) is 35.7. The average Bonchev–Trinajstić information content (AvgIpc) is 3.64. The first-order chi connectivity index (χ1) is 23.9. The Labute approximate surface area is 307 Å². The Hall–Kier alpha value is -3.02. The topological polar surface area (TPSA) is 0 Å². The molecule has 7 rings (SSSR count). The number of hydrogen-bond donors (Lipinski definition) is 0. The minimum atomic E-state index is -3.32. The zero-order valence-electron chi connectivity index (χ0n) is 32.3. The van der Waals surface area contributed by atoms with Crippen LogP contribution < -0.4 is 3.27 Å². The van der Waals surface area contributed by atoms with Gasteiger partial charge in [-0.15, -0.1) is 0 Å². The first-order valence-corrected chi connectivity index (χ1v) is 25.6. The molecule has 0 bridgehead atoms. The second-order valence-electron chi connectivity index (χ2n) is 17.6. The molecule has 0 aromatic heterocycles. The van der Waals surface area contributed by atoms with E-state index in [-0.39, 0.29) is 10.8 Å². The second-order valence-corrected chi connectivity index (χ2v) is 28.5. The SMILES string of the molecule is CCC[CH2][Zr]([CH2]CCC)([c]1c(C(C)(C)C)ccc2c1Cc1cc(C(C)(C)C)ccc1-2)[CH]1C=C(C)c2cc(-c3cccc4ccccc34)ccc21. The molecule has 0 fully saturated rings. The number of fused-ring (bicyclic) bond motifs is 5. The molecule has 50 heavy (non-hydrogen) atoms. The normalized spacial score (nSPS) is 15.6. The fourth-order valence-electron chi connectivity index (χ4n) is 9.46. The van der Waals surface area contributed by atoms with Crippen molar-refractivity contribution in [3.05, 3.63) is 130 Å². The summed E-state index contributed by atoms with van der Waals surface area (Å²) in [5.41, 5.74) is 16.9. The van der Waals surface area contributed by atoms with Gasteiger partial charge < -0.3 is 0 Å². The molecule has 2 aliphatic carbocycles. The third kappa shape index (κ3) is 6.15. The minimum absolute atomic E-state index is 0.0920. The van der Waals surface area contributed by atoms with Gasteiger partial charge in [0.1, 0.15) is 0 Å². The van der Waals surface area contributed by atoms with E-state index in [0.29, 0.717) is 3.63 Å².